The SMILES string of the molecule is CC(c1nc(C2CC2)no1)N1CCN(Cc2nccn2C)CC1. The van der Waals surface area contributed by atoms with Gasteiger partial charge in [-0.2, -0.15) is 4.98 Å². The lowest BCUT2D eigenvalue weighted by Gasteiger charge is -2.36. The van der Waals surface area contributed by atoms with Gasteiger partial charge in [0.25, 0.3) is 0 Å². The zero-order valence-electron chi connectivity index (χ0n) is 13.9. The fourth-order valence-corrected chi connectivity index (χ4v) is 3.14. The van der Waals surface area contributed by atoms with E-state index in [1.165, 1.54) is 12.8 Å². The molecule has 0 aromatic carbocycles. The summed E-state index contributed by atoms with van der Waals surface area (Å²) in [5, 5.41) is 4.13. The summed E-state index contributed by atoms with van der Waals surface area (Å²) in [7, 11) is 2.05. The van der Waals surface area contributed by atoms with Crippen LogP contribution in [0.4, 0.5) is 0 Å². The molecule has 1 aliphatic heterocycles. The van der Waals surface area contributed by atoms with E-state index in [2.05, 4.69) is 36.4 Å². The number of hydrogen-bond donors (Lipinski definition) is 0. The van der Waals surface area contributed by atoms with E-state index in [1.807, 2.05) is 19.4 Å². The Balaban J connectivity index is 1.32. The quantitative estimate of drug-likeness (QED) is 0.834. The summed E-state index contributed by atoms with van der Waals surface area (Å²) >= 11 is 0. The minimum Gasteiger partial charge on any atom is -0.338 e. The predicted octanol–water partition coefficient (Wildman–Crippen LogP) is 1.56. The molecule has 1 aliphatic carbocycles. The fourth-order valence-electron chi connectivity index (χ4n) is 3.14. The maximum atomic E-state index is 5.48. The lowest BCUT2D eigenvalue weighted by Crippen LogP contribution is -2.46. The Bertz CT molecular complexity index is 653. The highest BCUT2D eigenvalue weighted by Crippen LogP contribution is 2.38. The maximum Gasteiger partial charge on any atom is 0.243 e. The Morgan fingerprint density at radius 2 is 2.04 bits per heavy atom. The van der Waals surface area contributed by atoms with E-state index in [1.54, 1.807) is 0 Å². The first-order valence-electron chi connectivity index (χ1n) is 8.47. The Kier molecular flexibility index (Phi) is 3.90. The molecule has 2 aromatic rings. The van der Waals surface area contributed by atoms with Crippen molar-refractivity contribution in [1.29, 1.82) is 0 Å². The second-order valence-corrected chi connectivity index (χ2v) is 6.71. The molecule has 7 nitrogen and oxygen atoms in total. The smallest absolute Gasteiger partial charge is 0.243 e. The Morgan fingerprint density at radius 1 is 1.26 bits per heavy atom. The summed E-state index contributed by atoms with van der Waals surface area (Å²) in [6, 6.07) is 0.199. The van der Waals surface area contributed by atoms with Gasteiger partial charge in [0.1, 0.15) is 5.82 Å². The topological polar surface area (TPSA) is 63.2 Å². The average Bonchev–Trinajstić information content (AvgIpc) is 3.17. The molecule has 0 bridgehead atoms. The summed E-state index contributed by atoms with van der Waals surface area (Å²) in [5.74, 6) is 3.34. The van der Waals surface area contributed by atoms with Gasteiger partial charge in [0.15, 0.2) is 5.82 Å². The highest BCUT2D eigenvalue weighted by atomic mass is 16.5. The lowest BCUT2D eigenvalue weighted by molar-refractivity contribution is 0.0827. The molecular formula is C16H24N6O. The summed E-state index contributed by atoms with van der Waals surface area (Å²) < 4.78 is 7.57. The molecule has 0 amide bonds. The molecule has 1 unspecified atom stereocenters. The molecule has 2 fully saturated rings. The third kappa shape index (κ3) is 3.16. The van der Waals surface area contributed by atoms with Crippen LogP contribution in [0.2, 0.25) is 0 Å². The van der Waals surface area contributed by atoms with E-state index in [4.69, 9.17) is 4.52 Å². The van der Waals surface area contributed by atoms with Crippen LogP contribution in [0.3, 0.4) is 0 Å². The number of rotatable bonds is 5. The third-order valence-corrected chi connectivity index (χ3v) is 5.00. The number of piperazine rings is 1. The Hall–Kier alpha value is -1.73. The van der Waals surface area contributed by atoms with Crippen LogP contribution in [-0.4, -0.2) is 55.7 Å². The van der Waals surface area contributed by atoms with Gasteiger partial charge in [0.05, 0.1) is 12.6 Å². The second kappa shape index (κ2) is 6.05. The van der Waals surface area contributed by atoms with Crippen LogP contribution in [0.15, 0.2) is 16.9 Å². The van der Waals surface area contributed by atoms with E-state index in [-0.39, 0.29) is 6.04 Å². The first-order chi connectivity index (χ1) is 11.2. The van der Waals surface area contributed by atoms with Gasteiger partial charge in [-0.1, -0.05) is 5.16 Å². The molecule has 2 aliphatic rings. The van der Waals surface area contributed by atoms with E-state index < -0.39 is 0 Å². The van der Waals surface area contributed by atoms with Crippen LogP contribution >= 0.6 is 0 Å². The van der Waals surface area contributed by atoms with Crippen LogP contribution in [0, 0.1) is 0 Å². The van der Waals surface area contributed by atoms with Crippen molar-refractivity contribution >= 4 is 0 Å². The highest BCUT2D eigenvalue weighted by Gasteiger charge is 2.31. The first-order valence-corrected chi connectivity index (χ1v) is 8.47. The maximum absolute atomic E-state index is 5.48. The molecule has 1 saturated carbocycles. The van der Waals surface area contributed by atoms with Crippen molar-refractivity contribution in [2.24, 2.45) is 7.05 Å². The van der Waals surface area contributed by atoms with Gasteiger partial charge in [-0.15, -0.1) is 0 Å². The van der Waals surface area contributed by atoms with Crippen LogP contribution in [0.25, 0.3) is 0 Å². The molecular weight excluding hydrogens is 292 g/mol. The largest absolute Gasteiger partial charge is 0.338 e. The molecule has 124 valence electrons. The van der Waals surface area contributed by atoms with Gasteiger partial charge >= 0.3 is 0 Å². The zero-order chi connectivity index (χ0) is 15.8. The minimum atomic E-state index is 0.199. The normalized spacial score (nSPS) is 21.7. The third-order valence-electron chi connectivity index (χ3n) is 5.00. The summed E-state index contributed by atoms with van der Waals surface area (Å²) in [4.78, 5) is 13.9. The van der Waals surface area contributed by atoms with Gasteiger partial charge in [-0.3, -0.25) is 9.80 Å². The van der Waals surface area contributed by atoms with Gasteiger partial charge in [-0.05, 0) is 19.8 Å². The van der Waals surface area contributed by atoms with Gasteiger partial charge in [0.2, 0.25) is 5.89 Å². The summed E-state index contributed by atoms with van der Waals surface area (Å²) in [6.45, 7) is 7.21. The number of aromatic nitrogens is 4. The van der Waals surface area contributed by atoms with Crippen molar-refractivity contribution in [3.05, 3.63) is 29.9 Å². The standard InChI is InChI=1S/C16H24N6O/c1-12(16-18-15(19-23-16)13-3-4-13)22-9-7-21(8-10-22)11-14-17-5-6-20(14)2/h5-6,12-13H,3-4,7-11H2,1-2H3. The molecule has 4 rings (SSSR count). The molecule has 1 atom stereocenters. The van der Waals surface area contributed by atoms with Gasteiger partial charge in [0, 0.05) is 51.5 Å². The van der Waals surface area contributed by atoms with Crippen LogP contribution in [0.1, 0.15) is 49.3 Å². The van der Waals surface area contributed by atoms with Crippen LogP contribution in [-0.2, 0) is 13.6 Å². The van der Waals surface area contributed by atoms with E-state index in [0.717, 1.165) is 50.3 Å². The first kappa shape index (κ1) is 14.8. The molecule has 1 saturated heterocycles. The van der Waals surface area contributed by atoms with E-state index in [9.17, 15) is 0 Å². The molecule has 0 N–H and O–H groups in total. The average molecular weight is 316 g/mol. The lowest BCUT2D eigenvalue weighted by atomic mass is 10.2. The van der Waals surface area contributed by atoms with Crippen molar-refractivity contribution in [2.75, 3.05) is 26.2 Å². The van der Waals surface area contributed by atoms with Crippen LogP contribution in [0.5, 0.6) is 0 Å². The molecule has 2 aromatic heterocycles. The molecule has 3 heterocycles. The highest BCUT2D eigenvalue weighted by molar-refractivity contribution is 5.05. The van der Waals surface area contributed by atoms with Gasteiger partial charge < -0.3 is 9.09 Å². The van der Waals surface area contributed by atoms with Crippen molar-refractivity contribution in [2.45, 2.75) is 38.3 Å². The van der Waals surface area contributed by atoms with Crippen LogP contribution < -0.4 is 0 Å². The molecule has 7 heteroatoms. The second-order valence-electron chi connectivity index (χ2n) is 6.71. The summed E-state index contributed by atoms with van der Waals surface area (Å²) in [6.07, 6.45) is 6.28. The van der Waals surface area contributed by atoms with Crippen molar-refractivity contribution in [1.82, 2.24) is 29.5 Å². The predicted molar refractivity (Wildman–Crippen MR) is 84.7 cm³/mol. The number of imidazole rings is 1. The van der Waals surface area contributed by atoms with Crippen molar-refractivity contribution < 1.29 is 4.52 Å². The number of hydrogen-bond acceptors (Lipinski definition) is 6. The van der Waals surface area contributed by atoms with Crippen molar-refractivity contribution in [3.63, 3.8) is 0 Å². The summed E-state index contributed by atoms with van der Waals surface area (Å²) in [5.41, 5.74) is 0. The fraction of sp³-hybridized carbons (Fsp3) is 0.688. The molecule has 0 radical (unpaired) electrons. The van der Waals surface area contributed by atoms with Crippen molar-refractivity contribution in [3.8, 4) is 0 Å². The van der Waals surface area contributed by atoms with Gasteiger partial charge in [-0.25, -0.2) is 4.98 Å². The minimum absolute atomic E-state index is 0.199. The molecule has 0 spiro atoms. The number of aryl methyl sites for hydroxylation is 1. The Labute approximate surface area is 136 Å². The number of nitrogens with zero attached hydrogens (tertiary/aromatic N) is 6. The van der Waals surface area contributed by atoms with E-state index in [0.29, 0.717) is 5.92 Å². The monoisotopic (exact) mass is 316 g/mol. The zero-order valence-corrected chi connectivity index (χ0v) is 13.9. The van der Waals surface area contributed by atoms with E-state index >= 15 is 0 Å². The molecule has 23 heavy (non-hydrogen) atoms. The Morgan fingerprint density at radius 3 is 2.70 bits per heavy atom.